The molecular weight excluding hydrogens is 468 g/mol. The van der Waals surface area contributed by atoms with Crippen LogP contribution >= 0.6 is 0 Å². The number of rotatable bonds is 11. The van der Waals surface area contributed by atoms with Gasteiger partial charge < -0.3 is 20.2 Å². The van der Waals surface area contributed by atoms with Crippen LogP contribution in [0.5, 0.6) is 0 Å². The summed E-state index contributed by atoms with van der Waals surface area (Å²) in [6, 6.07) is 25.0. The Labute approximate surface area is 215 Å². The van der Waals surface area contributed by atoms with Crippen molar-refractivity contribution in [3.63, 3.8) is 0 Å². The molecule has 0 spiro atoms. The van der Waals surface area contributed by atoms with Gasteiger partial charge in [-0.05, 0) is 60.0 Å². The maximum absolute atomic E-state index is 12.2. The van der Waals surface area contributed by atoms with Gasteiger partial charge in [-0.2, -0.15) is 0 Å². The van der Waals surface area contributed by atoms with Gasteiger partial charge in [0.1, 0.15) is 0 Å². The van der Waals surface area contributed by atoms with Gasteiger partial charge in [-0.3, -0.25) is 9.59 Å². The fraction of sp³-hybridized carbons (Fsp3) is 0.241. The number of aliphatic carboxylic acids is 1. The third kappa shape index (κ3) is 6.61. The molecule has 4 aromatic rings. The van der Waals surface area contributed by atoms with Crippen LogP contribution in [0.15, 0.2) is 83.3 Å². The Morgan fingerprint density at radius 2 is 1.51 bits per heavy atom. The summed E-state index contributed by atoms with van der Waals surface area (Å²) in [4.78, 5) is 22.9. The van der Waals surface area contributed by atoms with Gasteiger partial charge in [0.15, 0.2) is 0 Å². The second-order valence-corrected chi connectivity index (χ2v) is 8.88. The zero-order chi connectivity index (χ0) is 26.2. The first-order chi connectivity index (χ1) is 17.9. The molecule has 0 aliphatic rings. The molecule has 0 fully saturated rings. The van der Waals surface area contributed by atoms with Crippen molar-refractivity contribution in [3.8, 4) is 22.9 Å². The Bertz CT molecular complexity index is 1320. The molecule has 0 saturated carbocycles. The molecule has 0 aliphatic carbocycles. The second kappa shape index (κ2) is 12.0. The van der Waals surface area contributed by atoms with Crippen LogP contribution in [0.2, 0.25) is 0 Å². The molecule has 0 radical (unpaired) electrons. The molecule has 2 atom stereocenters. The van der Waals surface area contributed by atoms with Crippen LogP contribution < -0.4 is 10.6 Å². The van der Waals surface area contributed by atoms with Crippen molar-refractivity contribution in [2.75, 3.05) is 11.9 Å². The minimum Gasteiger partial charge on any atom is -0.481 e. The number of carbonyl (C=O) groups excluding carboxylic acids is 1. The summed E-state index contributed by atoms with van der Waals surface area (Å²) < 4.78 is 5.89. The van der Waals surface area contributed by atoms with Gasteiger partial charge in [-0.25, -0.2) is 0 Å². The van der Waals surface area contributed by atoms with E-state index in [9.17, 15) is 9.59 Å². The first kappa shape index (κ1) is 25.6. The molecule has 8 nitrogen and oxygen atoms in total. The highest BCUT2D eigenvalue weighted by molar-refractivity contribution is 5.94. The number of aromatic nitrogens is 2. The van der Waals surface area contributed by atoms with Crippen molar-refractivity contribution in [1.29, 1.82) is 0 Å². The zero-order valence-corrected chi connectivity index (χ0v) is 20.8. The summed E-state index contributed by atoms with van der Waals surface area (Å²) in [5.74, 6) is 0.0581. The number of carbonyl (C=O) groups is 2. The molecule has 3 N–H and O–H groups in total. The maximum Gasteiger partial charge on any atom is 0.305 e. The third-order valence-electron chi connectivity index (χ3n) is 6.27. The lowest BCUT2D eigenvalue weighted by Gasteiger charge is -2.26. The van der Waals surface area contributed by atoms with E-state index in [1.165, 1.54) is 0 Å². The molecule has 0 saturated heterocycles. The van der Waals surface area contributed by atoms with Crippen LogP contribution in [0.4, 0.5) is 5.69 Å². The van der Waals surface area contributed by atoms with E-state index in [0.29, 0.717) is 23.3 Å². The molecule has 37 heavy (non-hydrogen) atoms. The Hall–Kier alpha value is -4.46. The lowest BCUT2D eigenvalue weighted by Crippen LogP contribution is -2.26. The highest BCUT2D eigenvalue weighted by Gasteiger charge is 2.19. The average molecular weight is 499 g/mol. The van der Waals surface area contributed by atoms with Crippen LogP contribution in [0.25, 0.3) is 22.9 Å². The first-order valence-electron chi connectivity index (χ1n) is 12.3. The monoisotopic (exact) mass is 498 g/mol. The van der Waals surface area contributed by atoms with Crippen molar-refractivity contribution >= 4 is 17.6 Å². The van der Waals surface area contributed by atoms with E-state index >= 15 is 0 Å². The average Bonchev–Trinajstić information content (AvgIpc) is 3.42. The number of hydrogen-bond acceptors (Lipinski definition) is 6. The molecule has 0 bridgehead atoms. The van der Waals surface area contributed by atoms with E-state index in [2.05, 4.69) is 46.8 Å². The van der Waals surface area contributed by atoms with E-state index in [1.807, 2.05) is 54.6 Å². The minimum atomic E-state index is -0.946. The van der Waals surface area contributed by atoms with Gasteiger partial charge >= 0.3 is 5.97 Å². The summed E-state index contributed by atoms with van der Waals surface area (Å²) in [7, 11) is 0. The molecule has 0 aliphatic heterocycles. The predicted molar refractivity (Wildman–Crippen MR) is 142 cm³/mol. The quantitative estimate of drug-likeness (QED) is 0.239. The minimum absolute atomic E-state index is 0.0526. The molecule has 1 amide bonds. The smallest absolute Gasteiger partial charge is 0.305 e. The zero-order valence-electron chi connectivity index (χ0n) is 20.8. The van der Waals surface area contributed by atoms with Gasteiger partial charge in [-0.1, -0.05) is 50.6 Å². The maximum atomic E-state index is 12.2. The lowest BCUT2D eigenvalue weighted by atomic mass is 9.91. The SMILES string of the molecule is CCC(C)C(Nc1ccc(C(=O)NCCC(=O)O)cc1)c1ccc(-c2nnc(-c3ccccc3)o2)cc1. The van der Waals surface area contributed by atoms with Crippen molar-refractivity contribution < 1.29 is 19.1 Å². The molecule has 190 valence electrons. The van der Waals surface area contributed by atoms with E-state index in [0.717, 1.165) is 28.8 Å². The highest BCUT2D eigenvalue weighted by atomic mass is 16.4. The van der Waals surface area contributed by atoms with Crippen molar-refractivity contribution in [2.45, 2.75) is 32.7 Å². The fourth-order valence-electron chi connectivity index (χ4n) is 3.94. The standard InChI is InChI=1S/C29H30N4O4/c1-3-19(2)26(31-24-15-13-21(14-16-24)27(36)30-18-17-25(34)35)20-9-11-23(12-10-20)29-33-32-28(37-29)22-7-5-4-6-8-22/h4-16,19,26,31H,3,17-18H2,1-2H3,(H,30,36)(H,34,35). The Morgan fingerprint density at radius 3 is 2.11 bits per heavy atom. The van der Waals surface area contributed by atoms with Crippen molar-refractivity contribution in [3.05, 3.63) is 90.0 Å². The molecule has 3 aromatic carbocycles. The number of benzene rings is 3. The first-order valence-corrected chi connectivity index (χ1v) is 12.3. The molecule has 4 rings (SSSR count). The van der Waals surface area contributed by atoms with Gasteiger partial charge in [0.05, 0.1) is 12.5 Å². The Morgan fingerprint density at radius 1 is 0.892 bits per heavy atom. The fourth-order valence-corrected chi connectivity index (χ4v) is 3.94. The summed E-state index contributed by atoms with van der Waals surface area (Å²) in [5.41, 5.74) is 4.22. The molecule has 2 unspecified atom stereocenters. The van der Waals surface area contributed by atoms with Crippen LogP contribution in [0, 0.1) is 5.92 Å². The van der Waals surface area contributed by atoms with Crippen molar-refractivity contribution in [1.82, 2.24) is 15.5 Å². The highest BCUT2D eigenvalue weighted by Crippen LogP contribution is 2.31. The third-order valence-corrected chi connectivity index (χ3v) is 6.27. The van der Waals surface area contributed by atoms with Crippen LogP contribution in [0.3, 0.4) is 0 Å². The van der Waals surface area contributed by atoms with Crippen LogP contribution in [-0.4, -0.2) is 33.7 Å². The van der Waals surface area contributed by atoms with Crippen LogP contribution in [0.1, 0.15) is 48.7 Å². The molecule has 8 heteroatoms. The summed E-state index contributed by atoms with van der Waals surface area (Å²) in [6.07, 6.45) is 0.870. The number of carboxylic acid groups (broad SMARTS) is 1. The summed E-state index contributed by atoms with van der Waals surface area (Å²) in [6.45, 7) is 4.44. The molecule has 1 aromatic heterocycles. The second-order valence-electron chi connectivity index (χ2n) is 8.88. The number of carboxylic acids is 1. The number of nitrogens with zero attached hydrogens (tertiary/aromatic N) is 2. The topological polar surface area (TPSA) is 117 Å². The molecular formula is C29H30N4O4. The predicted octanol–water partition coefficient (Wildman–Crippen LogP) is 5.81. The van der Waals surface area contributed by atoms with Gasteiger partial charge in [-0.15, -0.1) is 10.2 Å². The van der Waals surface area contributed by atoms with Crippen LogP contribution in [-0.2, 0) is 4.79 Å². The summed E-state index contributed by atoms with van der Waals surface area (Å²) >= 11 is 0. The Balaban J connectivity index is 1.45. The van der Waals surface area contributed by atoms with E-state index in [1.54, 1.807) is 12.1 Å². The van der Waals surface area contributed by atoms with Gasteiger partial charge in [0.25, 0.3) is 5.91 Å². The van der Waals surface area contributed by atoms with Crippen molar-refractivity contribution in [2.24, 2.45) is 5.92 Å². The number of anilines is 1. The van der Waals surface area contributed by atoms with Gasteiger partial charge in [0, 0.05) is 28.9 Å². The summed E-state index contributed by atoms with van der Waals surface area (Å²) in [5, 5.41) is 23.3. The number of hydrogen-bond donors (Lipinski definition) is 3. The largest absolute Gasteiger partial charge is 0.481 e. The van der Waals surface area contributed by atoms with E-state index in [4.69, 9.17) is 9.52 Å². The van der Waals surface area contributed by atoms with E-state index < -0.39 is 5.97 Å². The number of nitrogens with one attached hydrogen (secondary N) is 2. The van der Waals surface area contributed by atoms with E-state index in [-0.39, 0.29) is 24.9 Å². The Kier molecular flexibility index (Phi) is 8.30. The normalized spacial score (nSPS) is 12.5. The number of amides is 1. The lowest BCUT2D eigenvalue weighted by molar-refractivity contribution is -0.136. The van der Waals surface area contributed by atoms with Gasteiger partial charge in [0.2, 0.25) is 11.8 Å². The molecule has 1 heterocycles.